The fourth-order valence-corrected chi connectivity index (χ4v) is 2.43. The molecule has 1 aliphatic heterocycles. The normalized spacial score (nSPS) is 24.9. The van der Waals surface area contributed by atoms with Gasteiger partial charge in [-0.05, 0) is 24.6 Å². The summed E-state index contributed by atoms with van der Waals surface area (Å²) in [5, 5.41) is 28.4. The van der Waals surface area contributed by atoms with Gasteiger partial charge in [-0.15, -0.1) is 0 Å². The summed E-state index contributed by atoms with van der Waals surface area (Å²) in [4.78, 5) is 0. The molecule has 0 radical (unpaired) electrons. The minimum atomic E-state index is -0.541. The van der Waals surface area contributed by atoms with Crippen molar-refractivity contribution in [3.63, 3.8) is 0 Å². The van der Waals surface area contributed by atoms with E-state index in [9.17, 15) is 15.3 Å². The molecule has 3 rings (SSSR count). The summed E-state index contributed by atoms with van der Waals surface area (Å²) in [6.45, 7) is -0.197. The van der Waals surface area contributed by atoms with Crippen LogP contribution >= 0.6 is 0 Å². The van der Waals surface area contributed by atoms with E-state index in [-0.39, 0.29) is 18.1 Å². The van der Waals surface area contributed by atoms with E-state index in [2.05, 4.69) is 0 Å². The van der Waals surface area contributed by atoms with Gasteiger partial charge in [-0.1, -0.05) is 12.1 Å². The van der Waals surface area contributed by atoms with Gasteiger partial charge in [0.1, 0.15) is 5.76 Å². The molecule has 5 heteroatoms. The molecule has 2 unspecified atom stereocenters. The molecule has 3 N–H and O–H groups in total. The largest absolute Gasteiger partial charge is 0.504 e. The van der Waals surface area contributed by atoms with Crippen molar-refractivity contribution in [2.45, 2.75) is 25.0 Å². The van der Waals surface area contributed by atoms with Crippen LogP contribution in [0.15, 0.2) is 41.9 Å². The highest BCUT2D eigenvalue weighted by molar-refractivity contribution is 5.42. The molecule has 0 amide bonds. The van der Waals surface area contributed by atoms with Crippen LogP contribution in [-0.4, -0.2) is 28.0 Å². The van der Waals surface area contributed by atoms with Gasteiger partial charge < -0.3 is 24.8 Å². The van der Waals surface area contributed by atoms with Crippen LogP contribution in [0.1, 0.15) is 24.5 Å². The lowest BCUT2D eigenvalue weighted by Crippen LogP contribution is -2.32. The third-order valence-corrected chi connectivity index (χ3v) is 3.48. The smallest absolute Gasteiger partial charge is 0.163 e. The van der Waals surface area contributed by atoms with E-state index in [0.717, 1.165) is 18.6 Å². The van der Waals surface area contributed by atoms with Gasteiger partial charge in [-0.25, -0.2) is 0 Å². The van der Waals surface area contributed by atoms with Crippen molar-refractivity contribution in [1.29, 1.82) is 0 Å². The molecule has 0 bridgehead atoms. The van der Waals surface area contributed by atoms with Crippen LogP contribution in [0, 0.1) is 0 Å². The quantitative estimate of drug-likeness (QED) is 0.721. The van der Waals surface area contributed by atoms with Gasteiger partial charge in [-0.2, -0.15) is 0 Å². The van der Waals surface area contributed by atoms with Gasteiger partial charge in [0.25, 0.3) is 0 Å². The van der Waals surface area contributed by atoms with Crippen molar-refractivity contribution in [2.24, 2.45) is 0 Å². The number of ether oxygens (including phenoxy) is 2. The van der Waals surface area contributed by atoms with Gasteiger partial charge in [-0.3, -0.25) is 0 Å². The lowest BCUT2D eigenvalue weighted by Gasteiger charge is -2.35. The average Bonchev–Trinajstić information content (AvgIpc) is 2.48. The number of benzene rings is 1. The third-order valence-electron chi connectivity index (χ3n) is 3.48. The second-order valence-corrected chi connectivity index (χ2v) is 4.85. The molecule has 1 heterocycles. The van der Waals surface area contributed by atoms with E-state index in [1.54, 1.807) is 6.07 Å². The minimum absolute atomic E-state index is 0.188. The molecule has 1 aromatic carbocycles. The summed E-state index contributed by atoms with van der Waals surface area (Å²) < 4.78 is 11.7. The van der Waals surface area contributed by atoms with Gasteiger partial charge in [0.05, 0.1) is 6.61 Å². The van der Waals surface area contributed by atoms with Crippen LogP contribution < -0.4 is 0 Å². The highest BCUT2D eigenvalue weighted by Gasteiger charge is 2.34. The van der Waals surface area contributed by atoms with Gasteiger partial charge in [0.2, 0.25) is 0 Å². The highest BCUT2D eigenvalue weighted by atomic mass is 16.6. The first-order chi connectivity index (χ1) is 9.69. The number of allylic oxidation sites excluding steroid dienone is 3. The number of rotatable bonds is 2. The maximum Gasteiger partial charge on any atom is 0.163 e. The Morgan fingerprint density at radius 2 is 2.00 bits per heavy atom. The summed E-state index contributed by atoms with van der Waals surface area (Å²) in [7, 11) is 0. The Balaban J connectivity index is 1.93. The molecule has 0 aromatic heterocycles. The first-order valence-corrected chi connectivity index (χ1v) is 6.55. The first kappa shape index (κ1) is 12.9. The van der Waals surface area contributed by atoms with E-state index >= 15 is 0 Å². The number of hydrogen-bond donors (Lipinski definition) is 3. The molecular formula is C15H16O5. The molecule has 1 aromatic rings. The van der Waals surface area contributed by atoms with E-state index in [4.69, 9.17) is 9.47 Å². The van der Waals surface area contributed by atoms with Crippen LogP contribution in [0.4, 0.5) is 0 Å². The Kier molecular flexibility index (Phi) is 3.28. The zero-order chi connectivity index (χ0) is 14.1. The second-order valence-electron chi connectivity index (χ2n) is 4.85. The Labute approximate surface area is 116 Å². The monoisotopic (exact) mass is 276 g/mol. The molecule has 0 saturated heterocycles. The maximum atomic E-state index is 9.59. The molecule has 0 fully saturated rings. The molecule has 1 aliphatic carbocycles. The summed E-state index contributed by atoms with van der Waals surface area (Å²) in [6.07, 6.45) is 4.46. The van der Waals surface area contributed by atoms with Crippen molar-refractivity contribution < 1.29 is 24.8 Å². The Morgan fingerprint density at radius 1 is 1.15 bits per heavy atom. The molecule has 5 nitrogen and oxygen atoms in total. The van der Waals surface area contributed by atoms with Crippen molar-refractivity contribution in [1.82, 2.24) is 0 Å². The maximum absolute atomic E-state index is 9.59. The Hall–Kier alpha value is -2.14. The molecule has 2 aliphatic rings. The van der Waals surface area contributed by atoms with Crippen LogP contribution in [0.2, 0.25) is 0 Å². The van der Waals surface area contributed by atoms with Gasteiger partial charge in [0.15, 0.2) is 29.5 Å². The molecule has 0 saturated carbocycles. The lowest BCUT2D eigenvalue weighted by atomic mass is 10.0. The number of phenols is 2. The van der Waals surface area contributed by atoms with E-state index < -0.39 is 12.2 Å². The van der Waals surface area contributed by atoms with Crippen LogP contribution in [0.3, 0.4) is 0 Å². The summed E-state index contributed by atoms with van der Waals surface area (Å²) >= 11 is 0. The SMILES string of the molecule is OCC1OC2=C(CCC=C2)OC1c1ccc(O)c(O)c1. The topological polar surface area (TPSA) is 79.2 Å². The fourth-order valence-electron chi connectivity index (χ4n) is 2.43. The van der Waals surface area contributed by atoms with Crippen molar-refractivity contribution in [3.05, 3.63) is 47.4 Å². The first-order valence-electron chi connectivity index (χ1n) is 6.55. The fraction of sp³-hybridized carbons (Fsp3) is 0.333. The van der Waals surface area contributed by atoms with Crippen molar-refractivity contribution in [3.8, 4) is 11.5 Å². The molecular weight excluding hydrogens is 260 g/mol. The Bertz CT molecular complexity index is 576. The lowest BCUT2D eigenvalue weighted by molar-refractivity contribution is -0.0850. The number of hydrogen-bond acceptors (Lipinski definition) is 5. The number of phenolic OH excluding ortho intramolecular Hbond substituents is 2. The second kappa shape index (κ2) is 5.09. The molecule has 106 valence electrons. The predicted octanol–water partition coefficient (Wildman–Crippen LogP) is 2.11. The number of aromatic hydroxyl groups is 2. The summed E-state index contributed by atoms with van der Waals surface area (Å²) in [5.41, 5.74) is 0.653. The molecule has 20 heavy (non-hydrogen) atoms. The zero-order valence-corrected chi connectivity index (χ0v) is 10.8. The predicted molar refractivity (Wildman–Crippen MR) is 71.0 cm³/mol. The standard InChI is InChI=1S/C15H16O5/c16-8-14-15(9-5-6-10(17)11(18)7-9)20-13-4-2-1-3-12(13)19-14/h1,3,5-7,14-18H,2,4,8H2. The van der Waals surface area contributed by atoms with Crippen LogP contribution in [-0.2, 0) is 9.47 Å². The summed E-state index contributed by atoms with van der Waals surface area (Å²) in [5.74, 6) is 1.02. The third kappa shape index (κ3) is 2.20. The zero-order valence-electron chi connectivity index (χ0n) is 10.8. The van der Waals surface area contributed by atoms with E-state index in [1.807, 2.05) is 12.2 Å². The average molecular weight is 276 g/mol. The van der Waals surface area contributed by atoms with Gasteiger partial charge >= 0.3 is 0 Å². The van der Waals surface area contributed by atoms with Crippen molar-refractivity contribution >= 4 is 0 Å². The van der Waals surface area contributed by atoms with E-state index in [0.29, 0.717) is 11.3 Å². The molecule has 2 atom stereocenters. The molecule has 0 spiro atoms. The Morgan fingerprint density at radius 3 is 2.75 bits per heavy atom. The van der Waals surface area contributed by atoms with Crippen molar-refractivity contribution in [2.75, 3.05) is 6.61 Å². The summed E-state index contributed by atoms with van der Waals surface area (Å²) in [6, 6.07) is 4.47. The number of aliphatic hydroxyl groups excluding tert-OH is 1. The van der Waals surface area contributed by atoms with Gasteiger partial charge in [0, 0.05) is 12.0 Å². The van der Waals surface area contributed by atoms with Crippen LogP contribution in [0.5, 0.6) is 11.5 Å². The highest BCUT2D eigenvalue weighted by Crippen LogP contribution is 2.39. The minimum Gasteiger partial charge on any atom is -0.504 e. The van der Waals surface area contributed by atoms with E-state index in [1.165, 1.54) is 12.1 Å². The number of aliphatic hydroxyl groups is 1. The van der Waals surface area contributed by atoms with Crippen LogP contribution in [0.25, 0.3) is 0 Å².